The van der Waals surface area contributed by atoms with E-state index in [2.05, 4.69) is 10.4 Å². The van der Waals surface area contributed by atoms with Gasteiger partial charge in [0.15, 0.2) is 0 Å². The van der Waals surface area contributed by atoms with Gasteiger partial charge in [-0.3, -0.25) is 4.79 Å². The molecule has 31 heavy (non-hydrogen) atoms. The van der Waals surface area contributed by atoms with Crippen LogP contribution >= 0.6 is 0 Å². The maximum absolute atomic E-state index is 13.0. The first kappa shape index (κ1) is 23.1. The van der Waals surface area contributed by atoms with E-state index >= 15 is 0 Å². The predicted octanol–water partition coefficient (Wildman–Crippen LogP) is 4.09. The third kappa shape index (κ3) is 5.79. The molecule has 2 N–H and O–H groups in total. The van der Waals surface area contributed by atoms with Crippen molar-refractivity contribution in [2.75, 3.05) is 14.1 Å². The number of nitriles is 1. The van der Waals surface area contributed by atoms with Crippen LogP contribution in [-0.4, -0.2) is 29.1 Å². The minimum atomic E-state index is -3.33. The number of nitrogens with zero attached hydrogens (tertiary/aromatic N) is 3. The SMILES string of the molecule is CC(C)c1cc(C#N)cc(C2CC2)c1CC(=O)N=S(N)(=O)c1ccc(CN(C)C)cc1. The molecule has 0 aromatic heterocycles. The van der Waals surface area contributed by atoms with Crippen molar-refractivity contribution in [1.29, 1.82) is 5.26 Å². The molecule has 0 heterocycles. The van der Waals surface area contributed by atoms with Gasteiger partial charge in [-0.05, 0) is 85.3 Å². The molecule has 1 unspecified atom stereocenters. The van der Waals surface area contributed by atoms with E-state index in [4.69, 9.17) is 5.14 Å². The molecular weight excluding hydrogens is 408 g/mol. The van der Waals surface area contributed by atoms with Crippen LogP contribution in [0.4, 0.5) is 0 Å². The first-order valence-corrected chi connectivity index (χ1v) is 12.1. The molecule has 1 aliphatic rings. The van der Waals surface area contributed by atoms with Crippen molar-refractivity contribution in [2.45, 2.75) is 56.4 Å². The standard InChI is InChI=1S/C24H30N4O2S/c1-16(2)21-11-18(14-25)12-22(19-7-8-19)23(21)13-24(29)27-31(26,30)20-9-5-17(6-10-20)15-28(3)4/h5-6,9-12,16,19H,7-8,13,15H2,1-4H3,(H2,26,27,29,30). The molecule has 6 nitrogen and oxygen atoms in total. The second-order valence-corrected chi connectivity index (χ2v) is 10.6. The monoisotopic (exact) mass is 438 g/mol. The molecule has 1 aliphatic carbocycles. The van der Waals surface area contributed by atoms with Gasteiger partial charge in [0.25, 0.3) is 5.91 Å². The summed E-state index contributed by atoms with van der Waals surface area (Å²) in [6.45, 7) is 4.84. The van der Waals surface area contributed by atoms with E-state index < -0.39 is 15.8 Å². The molecule has 0 bridgehead atoms. The highest BCUT2D eigenvalue weighted by Gasteiger charge is 2.29. The van der Waals surface area contributed by atoms with Crippen LogP contribution in [0.15, 0.2) is 45.7 Å². The number of benzene rings is 2. The molecule has 2 aromatic rings. The largest absolute Gasteiger partial charge is 0.305 e. The summed E-state index contributed by atoms with van der Waals surface area (Å²) in [5, 5.41) is 15.4. The van der Waals surface area contributed by atoms with Crippen LogP contribution in [0, 0.1) is 11.3 Å². The summed E-state index contributed by atoms with van der Waals surface area (Å²) in [7, 11) is 0.613. The average Bonchev–Trinajstić information content (AvgIpc) is 3.52. The number of carbonyl (C=O) groups is 1. The number of rotatable bonds is 7. The molecule has 1 amide bonds. The molecule has 164 valence electrons. The van der Waals surface area contributed by atoms with Crippen molar-refractivity contribution in [3.63, 3.8) is 0 Å². The van der Waals surface area contributed by atoms with Gasteiger partial charge >= 0.3 is 0 Å². The molecule has 1 saturated carbocycles. The highest BCUT2D eigenvalue weighted by Crippen LogP contribution is 2.44. The summed E-state index contributed by atoms with van der Waals surface area (Å²) >= 11 is 0. The fourth-order valence-electron chi connectivity index (χ4n) is 3.80. The van der Waals surface area contributed by atoms with Crippen LogP contribution in [0.5, 0.6) is 0 Å². The summed E-state index contributed by atoms with van der Waals surface area (Å²) in [5.74, 6) is 0.0264. The quantitative estimate of drug-likeness (QED) is 0.704. The van der Waals surface area contributed by atoms with Gasteiger partial charge in [-0.15, -0.1) is 4.36 Å². The second-order valence-electron chi connectivity index (χ2n) is 8.79. The van der Waals surface area contributed by atoms with Crippen molar-refractivity contribution in [1.82, 2.24) is 4.90 Å². The minimum Gasteiger partial charge on any atom is -0.305 e. The van der Waals surface area contributed by atoms with Gasteiger partial charge in [-0.25, -0.2) is 9.35 Å². The van der Waals surface area contributed by atoms with Gasteiger partial charge < -0.3 is 4.90 Å². The molecule has 1 atom stereocenters. The van der Waals surface area contributed by atoms with Crippen LogP contribution in [0.1, 0.15) is 66.3 Å². The maximum Gasteiger partial charge on any atom is 0.259 e. The number of nitrogens with two attached hydrogens (primary N) is 1. The Kier molecular flexibility index (Phi) is 6.95. The molecule has 3 rings (SSSR count). The number of hydrogen-bond donors (Lipinski definition) is 1. The Morgan fingerprint density at radius 3 is 2.42 bits per heavy atom. The summed E-state index contributed by atoms with van der Waals surface area (Å²) in [6.07, 6.45) is 2.15. The van der Waals surface area contributed by atoms with E-state index in [1.807, 2.05) is 57.1 Å². The average molecular weight is 439 g/mol. The topological polar surface area (TPSA) is 99.5 Å². The highest BCUT2D eigenvalue weighted by molar-refractivity contribution is 7.91. The van der Waals surface area contributed by atoms with Crippen LogP contribution < -0.4 is 5.14 Å². The minimum absolute atomic E-state index is 0.0396. The van der Waals surface area contributed by atoms with Gasteiger partial charge in [0, 0.05) is 6.54 Å². The number of amides is 1. The van der Waals surface area contributed by atoms with Crippen molar-refractivity contribution >= 4 is 15.8 Å². The highest BCUT2D eigenvalue weighted by atomic mass is 32.2. The lowest BCUT2D eigenvalue weighted by Gasteiger charge is -2.17. The fourth-order valence-corrected chi connectivity index (χ4v) is 4.80. The normalized spacial score (nSPS) is 15.5. The zero-order valence-electron chi connectivity index (χ0n) is 18.6. The molecule has 2 aromatic carbocycles. The Bertz CT molecular complexity index is 1110. The van der Waals surface area contributed by atoms with Crippen LogP contribution in [0.3, 0.4) is 0 Å². The number of carbonyl (C=O) groups excluding carboxylic acids is 1. The maximum atomic E-state index is 13.0. The Labute approximate surface area is 185 Å². The van der Waals surface area contributed by atoms with E-state index in [1.54, 1.807) is 12.1 Å². The van der Waals surface area contributed by atoms with Gasteiger partial charge in [-0.1, -0.05) is 26.0 Å². The molecule has 7 heteroatoms. The molecule has 0 radical (unpaired) electrons. The van der Waals surface area contributed by atoms with Crippen LogP contribution in [-0.2, 0) is 27.7 Å². The zero-order chi connectivity index (χ0) is 22.8. The van der Waals surface area contributed by atoms with Crippen molar-refractivity contribution in [3.05, 3.63) is 64.2 Å². The van der Waals surface area contributed by atoms with Crippen molar-refractivity contribution < 1.29 is 9.00 Å². The first-order chi connectivity index (χ1) is 14.6. The van der Waals surface area contributed by atoms with Crippen molar-refractivity contribution in [3.8, 4) is 6.07 Å². The van der Waals surface area contributed by atoms with E-state index in [0.29, 0.717) is 16.4 Å². The van der Waals surface area contributed by atoms with Gasteiger partial charge in [0.2, 0.25) is 0 Å². The Balaban J connectivity index is 1.91. The number of hydrogen-bond acceptors (Lipinski definition) is 4. The predicted molar refractivity (Wildman–Crippen MR) is 123 cm³/mol. The van der Waals surface area contributed by atoms with Gasteiger partial charge in [0.05, 0.1) is 22.9 Å². The molecule has 1 fully saturated rings. The molecule has 0 spiro atoms. The molecule has 0 saturated heterocycles. The fraction of sp³-hybridized carbons (Fsp3) is 0.417. The van der Waals surface area contributed by atoms with Crippen molar-refractivity contribution in [2.24, 2.45) is 9.50 Å². The third-order valence-corrected chi connectivity index (χ3v) is 6.83. The van der Waals surface area contributed by atoms with Crippen LogP contribution in [0.25, 0.3) is 0 Å². The lowest BCUT2D eigenvalue weighted by molar-refractivity contribution is -0.117. The summed E-state index contributed by atoms with van der Waals surface area (Å²) in [6, 6.07) is 13.0. The van der Waals surface area contributed by atoms with E-state index in [0.717, 1.165) is 41.6 Å². The lowest BCUT2D eigenvalue weighted by atomic mass is 9.87. The zero-order valence-corrected chi connectivity index (χ0v) is 19.4. The Morgan fingerprint density at radius 2 is 1.90 bits per heavy atom. The summed E-state index contributed by atoms with van der Waals surface area (Å²) in [5.41, 5.74) is 4.59. The van der Waals surface area contributed by atoms with E-state index in [1.165, 1.54) is 0 Å². The third-order valence-electron chi connectivity index (χ3n) is 5.41. The summed E-state index contributed by atoms with van der Waals surface area (Å²) in [4.78, 5) is 15.2. The first-order valence-electron chi connectivity index (χ1n) is 10.5. The van der Waals surface area contributed by atoms with Gasteiger partial charge in [-0.2, -0.15) is 5.26 Å². The molecular formula is C24H30N4O2S. The Morgan fingerprint density at radius 1 is 1.26 bits per heavy atom. The van der Waals surface area contributed by atoms with Crippen LogP contribution in [0.2, 0.25) is 0 Å². The lowest BCUT2D eigenvalue weighted by Crippen LogP contribution is -2.17. The second kappa shape index (κ2) is 9.31. The smallest absolute Gasteiger partial charge is 0.259 e. The molecule has 0 aliphatic heterocycles. The van der Waals surface area contributed by atoms with Gasteiger partial charge in [0.1, 0.15) is 9.92 Å². The summed E-state index contributed by atoms with van der Waals surface area (Å²) < 4.78 is 16.9. The van der Waals surface area contributed by atoms with E-state index in [-0.39, 0.29) is 12.3 Å². The Hall–Kier alpha value is -2.53. The van der Waals surface area contributed by atoms with E-state index in [9.17, 15) is 14.3 Å².